The summed E-state index contributed by atoms with van der Waals surface area (Å²) >= 11 is 0. The first kappa shape index (κ1) is 12.2. The molecule has 0 aromatic heterocycles. The number of hydrogen-bond acceptors (Lipinski definition) is 2. The zero-order valence-electron chi connectivity index (χ0n) is 8.01. The third kappa shape index (κ3) is 3.34. The van der Waals surface area contributed by atoms with Crippen molar-refractivity contribution < 1.29 is 23.1 Å². The first-order valence-corrected chi connectivity index (χ1v) is 4.22. The summed E-state index contributed by atoms with van der Waals surface area (Å²) < 4.78 is 37.1. The molecular weight excluding hydrogens is 225 g/mol. The van der Waals surface area contributed by atoms with Crippen LogP contribution in [0.3, 0.4) is 0 Å². The molecule has 0 saturated heterocycles. The maximum absolute atomic E-state index is 12.4. The second-order valence-corrected chi connectivity index (χ2v) is 3.12. The highest BCUT2D eigenvalue weighted by Gasteiger charge is 2.30. The second kappa shape index (κ2) is 4.30. The zero-order chi connectivity index (χ0) is 12.3. The van der Waals surface area contributed by atoms with Crippen LogP contribution in [0, 0.1) is 0 Å². The number of hydrogen-bond donors (Lipinski definition) is 3. The van der Waals surface area contributed by atoms with Gasteiger partial charge in [0.15, 0.2) is 0 Å². The monoisotopic (exact) mass is 234 g/mol. The quantitative estimate of drug-likeness (QED) is 0.685. The summed E-state index contributed by atoms with van der Waals surface area (Å²) in [6.45, 7) is -0.219. The van der Waals surface area contributed by atoms with Crippen molar-refractivity contribution in [3.8, 4) is 0 Å². The highest BCUT2D eigenvalue weighted by atomic mass is 19.4. The van der Waals surface area contributed by atoms with Gasteiger partial charge in [0.1, 0.15) is 0 Å². The van der Waals surface area contributed by atoms with Gasteiger partial charge in [0.2, 0.25) is 0 Å². The number of carbonyl (C=O) groups is 1. The van der Waals surface area contributed by atoms with Crippen LogP contribution in [-0.2, 0) is 12.7 Å². The largest absolute Gasteiger partial charge is 0.465 e. The van der Waals surface area contributed by atoms with E-state index in [-0.39, 0.29) is 17.8 Å². The Hall–Kier alpha value is -1.92. The second-order valence-electron chi connectivity index (χ2n) is 3.12. The number of carboxylic acid groups (broad SMARTS) is 1. The third-order valence-corrected chi connectivity index (χ3v) is 1.79. The van der Waals surface area contributed by atoms with Gasteiger partial charge in [-0.15, -0.1) is 0 Å². The van der Waals surface area contributed by atoms with Gasteiger partial charge in [-0.25, -0.2) is 4.79 Å². The summed E-state index contributed by atoms with van der Waals surface area (Å²) in [5, 5.41) is 10.3. The van der Waals surface area contributed by atoms with E-state index in [0.29, 0.717) is 0 Å². The first-order chi connectivity index (χ1) is 7.29. The van der Waals surface area contributed by atoms with E-state index in [0.717, 1.165) is 12.1 Å². The van der Waals surface area contributed by atoms with Crippen molar-refractivity contribution in [1.29, 1.82) is 0 Å². The lowest BCUT2D eigenvalue weighted by Gasteiger charge is -2.10. The highest BCUT2D eigenvalue weighted by Crippen LogP contribution is 2.31. The predicted molar refractivity (Wildman–Crippen MR) is 50.7 cm³/mol. The summed E-state index contributed by atoms with van der Waals surface area (Å²) in [5.74, 6) is 0. The number of nitrogen functional groups attached to an aromatic ring is 1. The first-order valence-electron chi connectivity index (χ1n) is 4.22. The Morgan fingerprint density at radius 1 is 1.38 bits per heavy atom. The van der Waals surface area contributed by atoms with E-state index < -0.39 is 17.8 Å². The molecule has 0 aliphatic rings. The Balaban J connectivity index is 2.94. The van der Waals surface area contributed by atoms with E-state index in [2.05, 4.69) is 0 Å². The smallest absolute Gasteiger partial charge is 0.416 e. The molecule has 0 spiro atoms. The van der Waals surface area contributed by atoms with Gasteiger partial charge in [-0.2, -0.15) is 13.2 Å². The minimum absolute atomic E-state index is 0.0583. The van der Waals surface area contributed by atoms with Crippen LogP contribution in [0.1, 0.15) is 11.1 Å². The Bertz CT molecular complexity index is 404. The van der Waals surface area contributed by atoms with Crippen LogP contribution in [0.5, 0.6) is 0 Å². The average Bonchev–Trinajstić information content (AvgIpc) is 2.12. The summed E-state index contributed by atoms with van der Waals surface area (Å²) in [4.78, 5) is 10.2. The maximum Gasteiger partial charge on any atom is 0.416 e. The molecule has 0 aliphatic heterocycles. The van der Waals surface area contributed by atoms with Crippen LogP contribution >= 0.6 is 0 Å². The van der Waals surface area contributed by atoms with Gasteiger partial charge in [0.05, 0.1) is 5.56 Å². The molecule has 0 radical (unpaired) electrons. The fourth-order valence-corrected chi connectivity index (χ4v) is 1.16. The summed E-state index contributed by atoms with van der Waals surface area (Å²) in [6, 6.07) is 2.93. The molecule has 0 aliphatic carbocycles. The van der Waals surface area contributed by atoms with Crippen LogP contribution in [-0.4, -0.2) is 11.2 Å². The minimum Gasteiger partial charge on any atom is -0.465 e. The molecule has 0 unspecified atom stereocenters. The molecule has 0 heterocycles. The lowest BCUT2D eigenvalue weighted by atomic mass is 10.1. The number of nitrogens with one attached hydrogen (secondary N) is 1. The normalized spacial score (nSPS) is 11.2. The van der Waals surface area contributed by atoms with E-state index >= 15 is 0 Å². The van der Waals surface area contributed by atoms with Gasteiger partial charge >= 0.3 is 12.3 Å². The van der Waals surface area contributed by atoms with E-state index in [1.165, 1.54) is 6.07 Å². The molecule has 4 N–H and O–H groups in total. The van der Waals surface area contributed by atoms with Crippen molar-refractivity contribution in [2.75, 3.05) is 5.73 Å². The summed E-state index contributed by atoms with van der Waals surface area (Å²) in [6.07, 6.45) is -5.80. The number of rotatable bonds is 2. The molecule has 1 aromatic carbocycles. The SMILES string of the molecule is Nc1cc(CNC(=O)O)cc(C(F)(F)F)c1. The predicted octanol–water partition coefficient (Wildman–Crippen LogP) is 2.06. The van der Waals surface area contributed by atoms with Gasteiger partial charge in [-0.05, 0) is 23.8 Å². The molecular formula is C9H9F3N2O2. The van der Waals surface area contributed by atoms with Crippen LogP contribution in [0.4, 0.5) is 23.7 Å². The standard InChI is InChI=1S/C9H9F3N2O2/c10-9(11,12)6-1-5(2-7(13)3-6)4-14-8(15)16/h1-3,14H,4,13H2,(H,15,16). The van der Waals surface area contributed by atoms with Crippen molar-refractivity contribution >= 4 is 11.8 Å². The van der Waals surface area contributed by atoms with E-state index in [1.54, 1.807) is 0 Å². The summed E-state index contributed by atoms with van der Waals surface area (Å²) in [7, 11) is 0. The van der Waals surface area contributed by atoms with Gasteiger partial charge in [-0.1, -0.05) is 0 Å². The van der Waals surface area contributed by atoms with Gasteiger partial charge in [0, 0.05) is 12.2 Å². The Labute approximate surface area is 88.9 Å². The Morgan fingerprint density at radius 3 is 2.50 bits per heavy atom. The molecule has 16 heavy (non-hydrogen) atoms. The average molecular weight is 234 g/mol. The van der Waals surface area contributed by atoms with E-state index in [4.69, 9.17) is 10.8 Å². The van der Waals surface area contributed by atoms with Crippen molar-refractivity contribution in [2.45, 2.75) is 12.7 Å². The topological polar surface area (TPSA) is 75.3 Å². The molecule has 0 fully saturated rings. The number of amides is 1. The number of alkyl halides is 3. The van der Waals surface area contributed by atoms with Crippen molar-refractivity contribution in [3.05, 3.63) is 29.3 Å². The van der Waals surface area contributed by atoms with Gasteiger partial charge < -0.3 is 16.2 Å². The van der Waals surface area contributed by atoms with Crippen LogP contribution in [0.25, 0.3) is 0 Å². The number of benzene rings is 1. The van der Waals surface area contributed by atoms with Crippen molar-refractivity contribution in [1.82, 2.24) is 5.32 Å². The number of nitrogens with two attached hydrogens (primary N) is 1. The molecule has 7 heteroatoms. The Morgan fingerprint density at radius 2 is 2.00 bits per heavy atom. The van der Waals surface area contributed by atoms with Crippen LogP contribution < -0.4 is 11.1 Å². The maximum atomic E-state index is 12.4. The summed E-state index contributed by atoms with van der Waals surface area (Å²) in [5.41, 5.74) is 4.50. The molecule has 88 valence electrons. The van der Waals surface area contributed by atoms with Crippen LogP contribution in [0.15, 0.2) is 18.2 Å². The van der Waals surface area contributed by atoms with Crippen molar-refractivity contribution in [2.24, 2.45) is 0 Å². The molecule has 1 rings (SSSR count). The molecule has 0 bridgehead atoms. The molecule has 1 aromatic rings. The molecule has 1 amide bonds. The highest BCUT2D eigenvalue weighted by molar-refractivity contribution is 5.64. The Kier molecular flexibility index (Phi) is 3.26. The minimum atomic E-state index is -4.49. The van der Waals surface area contributed by atoms with E-state index in [9.17, 15) is 18.0 Å². The molecule has 4 nitrogen and oxygen atoms in total. The number of anilines is 1. The van der Waals surface area contributed by atoms with Gasteiger partial charge in [0.25, 0.3) is 0 Å². The molecule has 0 saturated carbocycles. The van der Waals surface area contributed by atoms with Gasteiger partial charge in [-0.3, -0.25) is 0 Å². The lowest BCUT2D eigenvalue weighted by molar-refractivity contribution is -0.137. The third-order valence-electron chi connectivity index (χ3n) is 1.79. The fourth-order valence-electron chi connectivity index (χ4n) is 1.16. The van der Waals surface area contributed by atoms with Crippen LogP contribution in [0.2, 0.25) is 0 Å². The zero-order valence-corrected chi connectivity index (χ0v) is 8.01. The fraction of sp³-hybridized carbons (Fsp3) is 0.222. The molecule has 0 atom stereocenters. The lowest BCUT2D eigenvalue weighted by Crippen LogP contribution is -2.20. The van der Waals surface area contributed by atoms with Crippen molar-refractivity contribution in [3.63, 3.8) is 0 Å². The van der Waals surface area contributed by atoms with E-state index in [1.807, 2.05) is 5.32 Å². The number of halogens is 3.